The van der Waals surface area contributed by atoms with Gasteiger partial charge < -0.3 is 20.5 Å². The predicted molar refractivity (Wildman–Crippen MR) is 79.6 cm³/mol. The Kier molecular flexibility index (Phi) is 9.01. The van der Waals surface area contributed by atoms with Crippen molar-refractivity contribution in [3.63, 3.8) is 0 Å². The predicted octanol–water partition coefficient (Wildman–Crippen LogP) is 0.980. The normalized spacial score (nSPS) is 17.2. The van der Waals surface area contributed by atoms with Crippen LogP contribution in [0.2, 0.25) is 0 Å². The van der Waals surface area contributed by atoms with Crippen LogP contribution in [0.4, 0.5) is 0 Å². The average molecular weight is 300 g/mol. The Morgan fingerprint density at radius 1 is 1.24 bits per heavy atom. The van der Waals surface area contributed by atoms with Crippen molar-refractivity contribution in [2.24, 2.45) is 11.7 Å². The summed E-state index contributed by atoms with van der Waals surface area (Å²) in [6, 6.07) is -0.423. The molecule has 0 spiro atoms. The van der Waals surface area contributed by atoms with Gasteiger partial charge in [0.15, 0.2) is 0 Å². The number of carbonyl (C=O) groups excluding carboxylic acids is 2. The van der Waals surface area contributed by atoms with Gasteiger partial charge in [0, 0.05) is 26.2 Å². The van der Waals surface area contributed by atoms with E-state index in [-0.39, 0.29) is 17.8 Å². The highest BCUT2D eigenvalue weighted by molar-refractivity contribution is 5.81. The maximum Gasteiger partial charge on any atom is 0.305 e. The molecule has 1 aliphatic heterocycles. The summed E-state index contributed by atoms with van der Waals surface area (Å²) in [7, 11) is 1.40. The van der Waals surface area contributed by atoms with Crippen molar-refractivity contribution in [1.82, 2.24) is 5.32 Å². The van der Waals surface area contributed by atoms with E-state index in [1.807, 2.05) is 0 Å². The summed E-state index contributed by atoms with van der Waals surface area (Å²) >= 11 is 0. The Bertz CT molecular complexity index is 317. The lowest BCUT2D eigenvalue weighted by Gasteiger charge is -2.26. The highest BCUT2D eigenvalue weighted by atomic mass is 16.5. The number of unbranched alkanes of at least 4 members (excludes halogenated alkanes) is 3. The lowest BCUT2D eigenvalue weighted by Crippen LogP contribution is -2.47. The standard InChI is InChI=1S/C15H28N2O4/c1-20-13(18)6-4-2-3-5-9-17-15(19)14(16)12-7-10-21-11-8-12/h12,14H,2-11,16H2,1H3,(H,17,19). The van der Waals surface area contributed by atoms with Crippen molar-refractivity contribution in [1.29, 1.82) is 0 Å². The van der Waals surface area contributed by atoms with Gasteiger partial charge in [0.05, 0.1) is 13.2 Å². The van der Waals surface area contributed by atoms with Crippen LogP contribution >= 0.6 is 0 Å². The first-order valence-electron chi connectivity index (χ1n) is 7.83. The minimum absolute atomic E-state index is 0.0588. The molecule has 1 unspecified atom stereocenters. The van der Waals surface area contributed by atoms with Crippen LogP contribution in [0.1, 0.15) is 44.9 Å². The smallest absolute Gasteiger partial charge is 0.305 e. The van der Waals surface area contributed by atoms with Crippen molar-refractivity contribution in [2.75, 3.05) is 26.9 Å². The molecule has 0 aromatic heterocycles. The summed E-state index contributed by atoms with van der Waals surface area (Å²) in [5.41, 5.74) is 5.98. The van der Waals surface area contributed by atoms with Crippen LogP contribution in [0.25, 0.3) is 0 Å². The molecule has 0 aliphatic carbocycles. The van der Waals surface area contributed by atoms with Crippen molar-refractivity contribution < 1.29 is 19.1 Å². The van der Waals surface area contributed by atoms with E-state index in [1.165, 1.54) is 7.11 Å². The number of amides is 1. The molecule has 122 valence electrons. The highest BCUT2D eigenvalue weighted by Crippen LogP contribution is 2.17. The van der Waals surface area contributed by atoms with Crippen LogP contribution in [-0.4, -0.2) is 44.8 Å². The highest BCUT2D eigenvalue weighted by Gasteiger charge is 2.26. The maximum absolute atomic E-state index is 11.9. The monoisotopic (exact) mass is 300 g/mol. The van der Waals surface area contributed by atoms with E-state index in [9.17, 15) is 9.59 Å². The molecule has 1 saturated heterocycles. The van der Waals surface area contributed by atoms with Gasteiger partial charge in [0.25, 0.3) is 0 Å². The molecule has 0 aromatic rings. The van der Waals surface area contributed by atoms with Gasteiger partial charge in [-0.25, -0.2) is 0 Å². The van der Waals surface area contributed by atoms with Gasteiger partial charge in [-0.2, -0.15) is 0 Å². The van der Waals surface area contributed by atoms with Crippen LogP contribution in [0.15, 0.2) is 0 Å². The lowest BCUT2D eigenvalue weighted by molar-refractivity contribution is -0.140. The number of methoxy groups -OCH3 is 1. The molecule has 1 rings (SSSR count). The molecule has 1 aliphatic rings. The Morgan fingerprint density at radius 2 is 1.90 bits per heavy atom. The van der Waals surface area contributed by atoms with E-state index < -0.39 is 6.04 Å². The molecule has 3 N–H and O–H groups in total. The molecule has 0 aromatic carbocycles. The third kappa shape index (κ3) is 7.43. The molecule has 1 fully saturated rings. The summed E-state index contributed by atoms with van der Waals surface area (Å²) in [5, 5.41) is 2.89. The van der Waals surface area contributed by atoms with Crippen molar-refractivity contribution >= 4 is 11.9 Å². The summed E-state index contributed by atoms with van der Waals surface area (Å²) in [6.45, 7) is 2.05. The molecule has 1 heterocycles. The molecule has 0 saturated carbocycles. The van der Waals surface area contributed by atoms with Gasteiger partial charge >= 0.3 is 5.97 Å². The van der Waals surface area contributed by atoms with E-state index in [4.69, 9.17) is 10.5 Å². The fourth-order valence-corrected chi connectivity index (χ4v) is 2.47. The number of nitrogens with one attached hydrogen (secondary N) is 1. The number of nitrogens with two attached hydrogens (primary N) is 1. The summed E-state index contributed by atoms with van der Waals surface area (Å²) in [4.78, 5) is 22.8. The second-order valence-corrected chi connectivity index (χ2v) is 5.51. The van der Waals surface area contributed by atoms with E-state index in [0.29, 0.717) is 26.2 Å². The first kappa shape index (κ1) is 17.9. The Morgan fingerprint density at radius 3 is 2.57 bits per heavy atom. The van der Waals surface area contributed by atoms with E-state index >= 15 is 0 Å². The largest absolute Gasteiger partial charge is 0.469 e. The maximum atomic E-state index is 11.9. The third-order valence-corrected chi connectivity index (χ3v) is 3.91. The Balaban J connectivity index is 2.01. The zero-order chi connectivity index (χ0) is 15.5. The van der Waals surface area contributed by atoms with Gasteiger partial charge in [-0.1, -0.05) is 12.8 Å². The number of hydrogen-bond donors (Lipinski definition) is 2. The fourth-order valence-electron chi connectivity index (χ4n) is 2.47. The average Bonchev–Trinajstić information content (AvgIpc) is 2.53. The SMILES string of the molecule is COC(=O)CCCCCCNC(=O)C(N)C1CCOCC1. The second-order valence-electron chi connectivity index (χ2n) is 5.51. The number of carbonyl (C=O) groups is 2. The zero-order valence-corrected chi connectivity index (χ0v) is 12.9. The molecule has 6 heteroatoms. The molecular formula is C15H28N2O4. The molecule has 1 atom stereocenters. The quantitative estimate of drug-likeness (QED) is 0.489. The summed E-state index contributed by atoms with van der Waals surface area (Å²) < 4.78 is 9.84. The molecule has 0 bridgehead atoms. The number of hydrogen-bond acceptors (Lipinski definition) is 5. The van der Waals surface area contributed by atoms with Gasteiger partial charge in [-0.3, -0.25) is 9.59 Å². The Labute approximate surface area is 126 Å². The molecule has 0 radical (unpaired) electrons. The first-order chi connectivity index (χ1) is 10.1. The minimum atomic E-state index is -0.423. The number of esters is 1. The van der Waals surface area contributed by atoms with Crippen molar-refractivity contribution in [2.45, 2.75) is 51.0 Å². The van der Waals surface area contributed by atoms with Crippen LogP contribution in [0, 0.1) is 5.92 Å². The van der Waals surface area contributed by atoms with Gasteiger partial charge in [0.2, 0.25) is 5.91 Å². The zero-order valence-electron chi connectivity index (χ0n) is 12.9. The van der Waals surface area contributed by atoms with E-state index in [1.54, 1.807) is 0 Å². The molecule has 21 heavy (non-hydrogen) atoms. The fraction of sp³-hybridized carbons (Fsp3) is 0.867. The van der Waals surface area contributed by atoms with Gasteiger partial charge in [-0.05, 0) is 31.6 Å². The van der Waals surface area contributed by atoms with Crippen LogP contribution < -0.4 is 11.1 Å². The number of rotatable bonds is 9. The van der Waals surface area contributed by atoms with Crippen molar-refractivity contribution in [3.8, 4) is 0 Å². The summed E-state index contributed by atoms with van der Waals surface area (Å²) in [5.74, 6) is 0.0148. The van der Waals surface area contributed by atoms with Gasteiger partial charge in [0.1, 0.15) is 0 Å². The topological polar surface area (TPSA) is 90.7 Å². The number of ether oxygens (including phenoxy) is 2. The van der Waals surface area contributed by atoms with E-state index in [2.05, 4.69) is 10.1 Å². The van der Waals surface area contributed by atoms with Crippen LogP contribution in [0.5, 0.6) is 0 Å². The van der Waals surface area contributed by atoms with E-state index in [0.717, 1.165) is 38.5 Å². The first-order valence-corrected chi connectivity index (χ1v) is 7.83. The minimum Gasteiger partial charge on any atom is -0.469 e. The molecular weight excluding hydrogens is 272 g/mol. The lowest BCUT2D eigenvalue weighted by atomic mass is 9.92. The molecule has 1 amide bonds. The van der Waals surface area contributed by atoms with Gasteiger partial charge in [-0.15, -0.1) is 0 Å². The second kappa shape index (κ2) is 10.6. The third-order valence-electron chi connectivity index (χ3n) is 3.91. The van der Waals surface area contributed by atoms with Crippen LogP contribution in [0.3, 0.4) is 0 Å². The summed E-state index contributed by atoms with van der Waals surface area (Å²) in [6.07, 6.45) is 5.90. The Hall–Kier alpha value is -1.14. The molecule has 6 nitrogen and oxygen atoms in total. The van der Waals surface area contributed by atoms with Crippen molar-refractivity contribution in [3.05, 3.63) is 0 Å². The van der Waals surface area contributed by atoms with Crippen LogP contribution in [-0.2, 0) is 19.1 Å².